The minimum Gasteiger partial charge on any atom is -0.364 e. The molecule has 5 rings (SSSR count). The first kappa shape index (κ1) is 15.5. The second-order valence-electron chi connectivity index (χ2n) is 6.80. The summed E-state index contributed by atoms with van der Waals surface area (Å²) in [5.74, 6) is 2.63. The van der Waals surface area contributed by atoms with Crippen molar-refractivity contribution < 1.29 is 0 Å². The Morgan fingerprint density at radius 1 is 1.28 bits per heavy atom. The van der Waals surface area contributed by atoms with E-state index >= 15 is 0 Å². The minimum atomic E-state index is 0.401. The molecule has 3 aromatic rings. The first-order chi connectivity index (χ1) is 12.3. The van der Waals surface area contributed by atoms with Crippen molar-refractivity contribution in [1.82, 2.24) is 14.4 Å². The monoisotopic (exact) mass is 370 g/mol. The van der Waals surface area contributed by atoms with Gasteiger partial charge >= 0.3 is 0 Å². The third-order valence-electron chi connectivity index (χ3n) is 5.11. The smallest absolute Gasteiger partial charge is 0.180 e. The zero-order valence-electron chi connectivity index (χ0n) is 13.7. The standard InChI is InChI=1S/C19H19ClN4S/c20-13-4-1-3-12(9-13)14-10-15(14)23-18-19-22-11-16(17-5-2-8-25-17)24(19)7-6-21-18/h1,3-4,6-7,9,11,14-15,17H,2,5,8,10H2,(H,21,23)/t14-,15+,17+/m1/s1. The molecule has 3 atom stereocenters. The molecule has 128 valence electrons. The summed E-state index contributed by atoms with van der Waals surface area (Å²) in [5, 5.41) is 4.95. The molecule has 1 aromatic carbocycles. The number of thioether (sulfide) groups is 1. The maximum Gasteiger partial charge on any atom is 0.180 e. The molecule has 2 aliphatic rings. The fourth-order valence-corrected chi connectivity index (χ4v) is 5.22. The molecule has 2 fully saturated rings. The van der Waals surface area contributed by atoms with Crippen LogP contribution >= 0.6 is 23.4 Å². The van der Waals surface area contributed by atoms with E-state index in [1.54, 1.807) is 0 Å². The molecule has 6 heteroatoms. The fourth-order valence-electron chi connectivity index (χ4n) is 3.72. The third-order valence-corrected chi connectivity index (χ3v) is 6.74. The van der Waals surface area contributed by atoms with Gasteiger partial charge in [0.15, 0.2) is 11.5 Å². The van der Waals surface area contributed by atoms with Gasteiger partial charge in [-0.05, 0) is 42.7 Å². The van der Waals surface area contributed by atoms with Gasteiger partial charge in [-0.15, -0.1) is 0 Å². The van der Waals surface area contributed by atoms with Crippen LogP contribution in [0.15, 0.2) is 42.9 Å². The summed E-state index contributed by atoms with van der Waals surface area (Å²) in [6.45, 7) is 0. The predicted molar refractivity (Wildman–Crippen MR) is 104 cm³/mol. The van der Waals surface area contributed by atoms with E-state index in [4.69, 9.17) is 11.6 Å². The lowest BCUT2D eigenvalue weighted by atomic mass is 10.1. The quantitative estimate of drug-likeness (QED) is 0.707. The molecular weight excluding hydrogens is 352 g/mol. The summed E-state index contributed by atoms with van der Waals surface area (Å²) in [4.78, 5) is 9.20. The van der Waals surface area contributed by atoms with Crippen molar-refractivity contribution in [3.05, 3.63) is 59.1 Å². The number of aromatic nitrogens is 3. The summed E-state index contributed by atoms with van der Waals surface area (Å²) >= 11 is 8.15. The van der Waals surface area contributed by atoms with E-state index < -0.39 is 0 Å². The first-order valence-corrected chi connectivity index (χ1v) is 10.2. The molecule has 0 bridgehead atoms. The number of hydrogen-bond donors (Lipinski definition) is 1. The zero-order valence-corrected chi connectivity index (χ0v) is 15.3. The van der Waals surface area contributed by atoms with Gasteiger partial charge in [-0.3, -0.25) is 4.40 Å². The Bertz CT molecular complexity index is 919. The molecule has 0 amide bonds. The Labute approximate surface area is 156 Å². The van der Waals surface area contributed by atoms with Crippen LogP contribution in [0.4, 0.5) is 5.82 Å². The molecule has 4 nitrogen and oxygen atoms in total. The summed E-state index contributed by atoms with van der Waals surface area (Å²) in [6.07, 6.45) is 9.56. The van der Waals surface area contributed by atoms with Gasteiger partial charge in [0, 0.05) is 34.6 Å². The summed E-state index contributed by atoms with van der Waals surface area (Å²) in [5.41, 5.74) is 3.52. The number of imidazole rings is 1. The molecule has 2 aromatic heterocycles. The number of benzene rings is 1. The molecule has 0 unspecified atom stereocenters. The van der Waals surface area contributed by atoms with Crippen LogP contribution in [0.2, 0.25) is 5.02 Å². The molecule has 0 radical (unpaired) electrons. The van der Waals surface area contributed by atoms with E-state index in [1.807, 2.05) is 42.5 Å². The lowest BCUT2D eigenvalue weighted by molar-refractivity contribution is 0.797. The van der Waals surface area contributed by atoms with Gasteiger partial charge in [0.1, 0.15) is 0 Å². The van der Waals surface area contributed by atoms with Crippen LogP contribution in [0.3, 0.4) is 0 Å². The van der Waals surface area contributed by atoms with Crippen LogP contribution < -0.4 is 5.32 Å². The number of rotatable bonds is 4. The first-order valence-electron chi connectivity index (χ1n) is 8.75. The highest BCUT2D eigenvalue weighted by atomic mass is 35.5. The molecule has 25 heavy (non-hydrogen) atoms. The molecule has 1 N–H and O–H groups in total. The number of halogens is 1. The molecule has 0 spiro atoms. The number of nitrogens with one attached hydrogen (secondary N) is 1. The normalized spacial score (nSPS) is 25.4. The van der Waals surface area contributed by atoms with Crippen molar-refractivity contribution in [2.75, 3.05) is 11.1 Å². The van der Waals surface area contributed by atoms with Crippen molar-refractivity contribution in [1.29, 1.82) is 0 Å². The Morgan fingerprint density at radius 2 is 2.24 bits per heavy atom. The zero-order chi connectivity index (χ0) is 16.8. The molecule has 1 aliphatic carbocycles. The van der Waals surface area contributed by atoms with Gasteiger partial charge in [0.05, 0.1) is 11.9 Å². The summed E-state index contributed by atoms with van der Waals surface area (Å²) in [6, 6.07) is 8.56. The SMILES string of the molecule is Clc1cccc([C@H]2C[C@@H]2Nc2nccn3c([C@@H]4CCCS4)cnc23)c1. The van der Waals surface area contributed by atoms with Gasteiger partial charge < -0.3 is 5.32 Å². The molecule has 1 saturated heterocycles. The van der Waals surface area contributed by atoms with Crippen molar-refractivity contribution in [2.45, 2.75) is 36.5 Å². The minimum absolute atomic E-state index is 0.401. The van der Waals surface area contributed by atoms with Crippen LogP contribution in [-0.2, 0) is 0 Å². The maximum absolute atomic E-state index is 6.12. The van der Waals surface area contributed by atoms with E-state index in [0.717, 1.165) is 22.9 Å². The number of fused-ring (bicyclic) bond motifs is 1. The lowest BCUT2D eigenvalue weighted by Crippen LogP contribution is -2.08. The Balaban J connectivity index is 1.39. The lowest BCUT2D eigenvalue weighted by Gasteiger charge is -2.10. The van der Waals surface area contributed by atoms with Crippen molar-refractivity contribution in [3.8, 4) is 0 Å². The van der Waals surface area contributed by atoms with Gasteiger partial charge in [0.25, 0.3) is 0 Å². The van der Waals surface area contributed by atoms with Gasteiger partial charge in [-0.1, -0.05) is 23.7 Å². The van der Waals surface area contributed by atoms with Crippen LogP contribution in [-0.4, -0.2) is 26.2 Å². The Kier molecular flexibility index (Phi) is 3.86. The molecule has 1 aliphatic heterocycles. The van der Waals surface area contributed by atoms with Crippen molar-refractivity contribution in [3.63, 3.8) is 0 Å². The molecular formula is C19H19ClN4S. The van der Waals surface area contributed by atoms with Gasteiger partial charge in [-0.25, -0.2) is 9.97 Å². The van der Waals surface area contributed by atoms with E-state index in [9.17, 15) is 0 Å². The fraction of sp³-hybridized carbons (Fsp3) is 0.368. The van der Waals surface area contributed by atoms with Crippen LogP contribution in [0, 0.1) is 0 Å². The number of anilines is 1. The van der Waals surface area contributed by atoms with Crippen LogP contribution in [0.25, 0.3) is 5.65 Å². The summed E-state index contributed by atoms with van der Waals surface area (Å²) < 4.78 is 2.20. The van der Waals surface area contributed by atoms with E-state index in [-0.39, 0.29) is 0 Å². The maximum atomic E-state index is 6.12. The number of nitrogens with zero attached hydrogens (tertiary/aromatic N) is 3. The second kappa shape index (κ2) is 6.22. The average Bonchev–Trinajstić information content (AvgIpc) is 3.00. The van der Waals surface area contributed by atoms with E-state index in [2.05, 4.69) is 31.8 Å². The highest BCUT2D eigenvalue weighted by Crippen LogP contribution is 2.44. The Morgan fingerprint density at radius 3 is 3.08 bits per heavy atom. The number of hydrogen-bond acceptors (Lipinski definition) is 4. The van der Waals surface area contributed by atoms with Crippen LogP contribution in [0.1, 0.15) is 41.7 Å². The van der Waals surface area contributed by atoms with E-state index in [0.29, 0.717) is 17.2 Å². The van der Waals surface area contributed by atoms with Crippen molar-refractivity contribution >= 4 is 34.8 Å². The van der Waals surface area contributed by atoms with Crippen molar-refractivity contribution in [2.24, 2.45) is 0 Å². The molecule has 3 heterocycles. The highest BCUT2D eigenvalue weighted by molar-refractivity contribution is 7.99. The second-order valence-corrected chi connectivity index (χ2v) is 8.55. The largest absolute Gasteiger partial charge is 0.364 e. The van der Waals surface area contributed by atoms with Crippen LogP contribution in [0.5, 0.6) is 0 Å². The average molecular weight is 371 g/mol. The van der Waals surface area contributed by atoms with Gasteiger partial charge in [-0.2, -0.15) is 11.8 Å². The van der Waals surface area contributed by atoms with E-state index in [1.165, 1.54) is 29.9 Å². The summed E-state index contributed by atoms with van der Waals surface area (Å²) in [7, 11) is 0. The third kappa shape index (κ3) is 2.89. The topological polar surface area (TPSA) is 42.2 Å². The van der Waals surface area contributed by atoms with Gasteiger partial charge in [0.2, 0.25) is 0 Å². The highest BCUT2D eigenvalue weighted by Gasteiger charge is 2.39. The Hall–Kier alpha value is -1.72. The molecule has 1 saturated carbocycles. The predicted octanol–water partition coefficient (Wildman–Crippen LogP) is 4.92.